The van der Waals surface area contributed by atoms with Crippen LogP contribution in [0.5, 0.6) is 5.75 Å². The Kier molecular flexibility index (Phi) is 7.16. The highest BCUT2D eigenvalue weighted by Crippen LogP contribution is 2.30. The topological polar surface area (TPSA) is 61.9 Å². The number of amides is 3. The number of carbonyl (C=O) groups excluding carboxylic acids is 2. The number of hydrogen-bond donors (Lipinski definition) is 1. The van der Waals surface area contributed by atoms with Crippen molar-refractivity contribution in [1.82, 2.24) is 4.90 Å². The van der Waals surface area contributed by atoms with Crippen molar-refractivity contribution in [2.24, 2.45) is 0 Å². The molecule has 0 unspecified atom stereocenters. The molecule has 0 spiro atoms. The zero-order chi connectivity index (χ0) is 24.1. The molecule has 0 atom stereocenters. The van der Waals surface area contributed by atoms with Crippen molar-refractivity contribution >= 4 is 23.3 Å². The van der Waals surface area contributed by atoms with Crippen LogP contribution < -0.4 is 15.0 Å². The zero-order valence-corrected chi connectivity index (χ0v) is 20.0. The average Bonchev–Trinajstić information content (AvgIpc) is 2.81. The van der Waals surface area contributed by atoms with E-state index in [0.717, 1.165) is 34.5 Å². The predicted molar refractivity (Wildman–Crippen MR) is 135 cm³/mol. The first kappa shape index (κ1) is 23.4. The third-order valence-corrected chi connectivity index (χ3v) is 6.01. The van der Waals surface area contributed by atoms with Crippen molar-refractivity contribution in [3.05, 3.63) is 89.0 Å². The molecular formula is C28H31N3O3. The van der Waals surface area contributed by atoms with Gasteiger partial charge in [0.05, 0.1) is 24.9 Å². The van der Waals surface area contributed by atoms with Crippen LogP contribution in [0.3, 0.4) is 0 Å². The van der Waals surface area contributed by atoms with Gasteiger partial charge in [-0.1, -0.05) is 48.0 Å². The summed E-state index contributed by atoms with van der Waals surface area (Å²) in [5.41, 5.74) is 5.60. The van der Waals surface area contributed by atoms with E-state index in [4.69, 9.17) is 4.74 Å². The van der Waals surface area contributed by atoms with Crippen LogP contribution in [0, 0.1) is 13.8 Å². The molecule has 3 aromatic rings. The lowest BCUT2D eigenvalue weighted by Crippen LogP contribution is -2.49. The normalized spacial score (nSPS) is 13.7. The van der Waals surface area contributed by atoms with E-state index in [-0.39, 0.29) is 18.4 Å². The average molecular weight is 458 g/mol. The van der Waals surface area contributed by atoms with Crippen LogP contribution >= 0.6 is 0 Å². The summed E-state index contributed by atoms with van der Waals surface area (Å²) >= 11 is 0. The van der Waals surface area contributed by atoms with Gasteiger partial charge in [0.25, 0.3) is 0 Å². The molecule has 0 saturated carbocycles. The minimum Gasteiger partial charge on any atom is -0.497 e. The fraction of sp³-hybridized carbons (Fsp3) is 0.286. The fourth-order valence-corrected chi connectivity index (χ4v) is 4.29. The molecule has 176 valence electrons. The van der Waals surface area contributed by atoms with Crippen molar-refractivity contribution in [3.8, 4) is 5.75 Å². The van der Waals surface area contributed by atoms with Gasteiger partial charge in [-0.2, -0.15) is 0 Å². The number of urea groups is 1. The standard InChI is InChI=1S/C28H31N3O3/c1-20-6-4-7-23(16-20)19-30-14-5-15-31(28(30)33)26-13-8-21(2)17-25(26)29-27(32)18-22-9-11-24(34-3)12-10-22/h4,6-13,16-17H,5,14-15,18-19H2,1-3H3,(H,29,32). The smallest absolute Gasteiger partial charge is 0.324 e. The first-order valence-corrected chi connectivity index (χ1v) is 11.6. The number of nitrogens with zero attached hydrogens (tertiary/aromatic N) is 2. The monoisotopic (exact) mass is 457 g/mol. The van der Waals surface area contributed by atoms with Crippen molar-refractivity contribution < 1.29 is 14.3 Å². The summed E-state index contributed by atoms with van der Waals surface area (Å²) in [4.78, 5) is 29.9. The molecule has 6 nitrogen and oxygen atoms in total. The Labute approximate surface area is 201 Å². The molecule has 0 radical (unpaired) electrons. The lowest BCUT2D eigenvalue weighted by molar-refractivity contribution is -0.115. The number of methoxy groups -OCH3 is 1. The Morgan fingerprint density at radius 1 is 0.941 bits per heavy atom. The Balaban J connectivity index is 1.51. The molecule has 1 aliphatic rings. The van der Waals surface area contributed by atoms with E-state index in [2.05, 4.69) is 30.4 Å². The molecule has 0 bridgehead atoms. The molecule has 0 aliphatic carbocycles. The fourth-order valence-electron chi connectivity index (χ4n) is 4.29. The summed E-state index contributed by atoms with van der Waals surface area (Å²) in [5.74, 6) is 0.627. The summed E-state index contributed by atoms with van der Waals surface area (Å²) in [5, 5.41) is 3.04. The SMILES string of the molecule is COc1ccc(CC(=O)Nc2cc(C)ccc2N2CCCN(Cc3cccc(C)c3)C2=O)cc1. The van der Waals surface area contributed by atoms with Crippen LogP contribution in [0.4, 0.5) is 16.2 Å². The van der Waals surface area contributed by atoms with Crippen LogP contribution in [-0.2, 0) is 17.8 Å². The Morgan fingerprint density at radius 2 is 1.71 bits per heavy atom. The van der Waals surface area contributed by atoms with E-state index < -0.39 is 0 Å². The second-order valence-corrected chi connectivity index (χ2v) is 8.79. The maximum Gasteiger partial charge on any atom is 0.324 e. The third kappa shape index (κ3) is 5.57. The van der Waals surface area contributed by atoms with Gasteiger partial charge in [0.15, 0.2) is 0 Å². The van der Waals surface area contributed by atoms with E-state index >= 15 is 0 Å². The van der Waals surface area contributed by atoms with Gasteiger partial charge in [-0.15, -0.1) is 0 Å². The lowest BCUT2D eigenvalue weighted by Gasteiger charge is -2.36. The second kappa shape index (κ2) is 10.4. The highest BCUT2D eigenvalue weighted by atomic mass is 16.5. The zero-order valence-electron chi connectivity index (χ0n) is 20.0. The summed E-state index contributed by atoms with van der Waals surface area (Å²) < 4.78 is 5.19. The lowest BCUT2D eigenvalue weighted by atomic mass is 10.1. The van der Waals surface area contributed by atoms with Crippen LogP contribution in [-0.4, -0.2) is 37.0 Å². The molecule has 4 rings (SSSR count). The van der Waals surface area contributed by atoms with Crippen molar-refractivity contribution in [3.63, 3.8) is 0 Å². The number of aryl methyl sites for hydroxylation is 2. The molecule has 1 saturated heterocycles. The minimum absolute atomic E-state index is 0.0396. The van der Waals surface area contributed by atoms with Gasteiger partial charge in [-0.05, 0) is 61.2 Å². The van der Waals surface area contributed by atoms with Gasteiger partial charge in [-0.3, -0.25) is 9.69 Å². The van der Waals surface area contributed by atoms with Crippen LogP contribution in [0.15, 0.2) is 66.7 Å². The molecule has 1 aliphatic heterocycles. The Morgan fingerprint density at radius 3 is 2.44 bits per heavy atom. The number of rotatable bonds is 7. The molecule has 1 fully saturated rings. The minimum atomic E-state index is -0.127. The molecule has 34 heavy (non-hydrogen) atoms. The van der Waals surface area contributed by atoms with Crippen molar-refractivity contribution in [2.75, 3.05) is 30.4 Å². The van der Waals surface area contributed by atoms with E-state index in [1.54, 1.807) is 12.0 Å². The number of nitrogens with one attached hydrogen (secondary N) is 1. The summed E-state index contributed by atoms with van der Waals surface area (Å²) in [6.45, 7) is 5.94. The van der Waals surface area contributed by atoms with E-state index in [1.165, 1.54) is 5.56 Å². The Bertz CT molecular complexity index is 1170. The molecular weight excluding hydrogens is 426 g/mol. The van der Waals surface area contributed by atoms with Gasteiger partial charge in [-0.25, -0.2) is 4.79 Å². The van der Waals surface area contributed by atoms with E-state index in [0.29, 0.717) is 25.3 Å². The maximum atomic E-state index is 13.4. The van der Waals surface area contributed by atoms with Gasteiger partial charge in [0, 0.05) is 19.6 Å². The van der Waals surface area contributed by atoms with Crippen molar-refractivity contribution in [1.29, 1.82) is 0 Å². The molecule has 3 amide bonds. The molecule has 1 N–H and O–H groups in total. The van der Waals surface area contributed by atoms with Crippen LogP contribution in [0.1, 0.15) is 28.7 Å². The van der Waals surface area contributed by atoms with Crippen LogP contribution in [0.2, 0.25) is 0 Å². The van der Waals surface area contributed by atoms with Gasteiger partial charge >= 0.3 is 6.03 Å². The van der Waals surface area contributed by atoms with E-state index in [9.17, 15) is 9.59 Å². The number of anilines is 2. The first-order chi connectivity index (χ1) is 16.4. The summed E-state index contributed by atoms with van der Waals surface area (Å²) in [7, 11) is 1.62. The highest BCUT2D eigenvalue weighted by Gasteiger charge is 2.28. The quantitative estimate of drug-likeness (QED) is 0.522. The summed E-state index contributed by atoms with van der Waals surface area (Å²) in [6.07, 6.45) is 1.11. The Hall–Kier alpha value is -3.80. The molecule has 6 heteroatoms. The van der Waals surface area contributed by atoms with Gasteiger partial charge in [0.2, 0.25) is 5.91 Å². The second-order valence-electron chi connectivity index (χ2n) is 8.79. The largest absolute Gasteiger partial charge is 0.497 e. The number of benzene rings is 3. The third-order valence-electron chi connectivity index (χ3n) is 6.01. The first-order valence-electron chi connectivity index (χ1n) is 11.6. The van der Waals surface area contributed by atoms with Crippen LogP contribution in [0.25, 0.3) is 0 Å². The number of hydrogen-bond acceptors (Lipinski definition) is 3. The molecule has 1 heterocycles. The number of ether oxygens (including phenoxy) is 1. The van der Waals surface area contributed by atoms with E-state index in [1.807, 2.05) is 60.4 Å². The molecule has 0 aromatic heterocycles. The molecule has 3 aromatic carbocycles. The number of carbonyl (C=O) groups is 2. The van der Waals surface area contributed by atoms with Gasteiger partial charge in [0.1, 0.15) is 5.75 Å². The predicted octanol–water partition coefficient (Wildman–Crippen LogP) is 5.33. The van der Waals surface area contributed by atoms with Crippen molar-refractivity contribution in [2.45, 2.75) is 33.2 Å². The van der Waals surface area contributed by atoms with Gasteiger partial charge < -0.3 is 15.0 Å². The highest BCUT2D eigenvalue weighted by molar-refractivity contribution is 6.01. The maximum absolute atomic E-state index is 13.4. The summed E-state index contributed by atoms with van der Waals surface area (Å²) in [6, 6.07) is 21.5.